The predicted molar refractivity (Wildman–Crippen MR) is 95.4 cm³/mol. The molecule has 1 aliphatic heterocycles. The monoisotopic (exact) mass is 325 g/mol. The summed E-state index contributed by atoms with van der Waals surface area (Å²) >= 11 is 6.22. The lowest BCUT2D eigenvalue weighted by molar-refractivity contribution is 0.337. The summed E-state index contributed by atoms with van der Waals surface area (Å²) in [5, 5.41) is 4.53. The van der Waals surface area contributed by atoms with Crippen LogP contribution in [0.1, 0.15) is 36.4 Å². The summed E-state index contributed by atoms with van der Waals surface area (Å²) in [6.45, 7) is 2.69. The SMILES string of the molecule is CCOc1cccc2c1N[C@H](c1cccc(Cl)c1)[C@H]1CC=C[C@H]21. The van der Waals surface area contributed by atoms with E-state index in [2.05, 4.69) is 41.7 Å². The molecule has 1 aliphatic carbocycles. The summed E-state index contributed by atoms with van der Waals surface area (Å²) < 4.78 is 5.85. The van der Waals surface area contributed by atoms with Gasteiger partial charge < -0.3 is 10.1 Å². The summed E-state index contributed by atoms with van der Waals surface area (Å²) in [7, 11) is 0. The summed E-state index contributed by atoms with van der Waals surface area (Å²) in [6, 6.07) is 14.8. The number of rotatable bonds is 3. The van der Waals surface area contributed by atoms with Crippen LogP contribution in [0.5, 0.6) is 5.75 Å². The van der Waals surface area contributed by atoms with Crippen molar-refractivity contribution >= 4 is 17.3 Å². The second kappa shape index (κ2) is 5.93. The Morgan fingerprint density at radius 2 is 2.09 bits per heavy atom. The van der Waals surface area contributed by atoms with Crippen molar-refractivity contribution in [2.24, 2.45) is 5.92 Å². The van der Waals surface area contributed by atoms with E-state index in [4.69, 9.17) is 16.3 Å². The van der Waals surface area contributed by atoms with Crippen LogP contribution in [0.25, 0.3) is 0 Å². The molecule has 118 valence electrons. The molecule has 0 saturated heterocycles. The van der Waals surface area contributed by atoms with Crippen molar-refractivity contribution in [1.82, 2.24) is 0 Å². The van der Waals surface area contributed by atoms with Gasteiger partial charge in [-0.15, -0.1) is 0 Å². The van der Waals surface area contributed by atoms with Gasteiger partial charge >= 0.3 is 0 Å². The summed E-state index contributed by atoms with van der Waals surface area (Å²) in [6.07, 6.45) is 5.74. The molecule has 2 aliphatic rings. The van der Waals surface area contributed by atoms with E-state index >= 15 is 0 Å². The Morgan fingerprint density at radius 1 is 1.22 bits per heavy atom. The lowest BCUT2D eigenvalue weighted by Gasteiger charge is -2.38. The average Bonchev–Trinajstić information content (AvgIpc) is 3.04. The van der Waals surface area contributed by atoms with Crippen LogP contribution in [0.15, 0.2) is 54.6 Å². The topological polar surface area (TPSA) is 21.3 Å². The fourth-order valence-corrected chi connectivity index (χ4v) is 4.10. The molecule has 0 fully saturated rings. The van der Waals surface area contributed by atoms with E-state index in [0.717, 1.165) is 22.9 Å². The van der Waals surface area contributed by atoms with Gasteiger partial charge in [0.2, 0.25) is 0 Å². The molecule has 2 aromatic rings. The zero-order valence-electron chi connectivity index (χ0n) is 13.1. The first-order chi connectivity index (χ1) is 11.3. The number of para-hydroxylation sites is 1. The van der Waals surface area contributed by atoms with Crippen molar-refractivity contribution < 1.29 is 4.74 Å². The minimum absolute atomic E-state index is 0.253. The van der Waals surface area contributed by atoms with Gasteiger partial charge in [0.05, 0.1) is 18.3 Å². The normalized spacial score (nSPS) is 24.7. The van der Waals surface area contributed by atoms with Gasteiger partial charge in [-0.25, -0.2) is 0 Å². The quantitative estimate of drug-likeness (QED) is 0.745. The smallest absolute Gasteiger partial charge is 0.142 e. The van der Waals surface area contributed by atoms with Crippen molar-refractivity contribution in [2.45, 2.75) is 25.3 Å². The Hall–Kier alpha value is -1.93. The molecule has 2 nitrogen and oxygen atoms in total. The number of anilines is 1. The van der Waals surface area contributed by atoms with E-state index in [1.165, 1.54) is 11.1 Å². The van der Waals surface area contributed by atoms with Crippen LogP contribution in [0.2, 0.25) is 5.02 Å². The number of halogens is 1. The van der Waals surface area contributed by atoms with E-state index < -0.39 is 0 Å². The molecule has 0 spiro atoms. The first kappa shape index (κ1) is 14.6. The van der Waals surface area contributed by atoms with Gasteiger partial charge in [-0.2, -0.15) is 0 Å². The maximum absolute atomic E-state index is 6.22. The minimum Gasteiger partial charge on any atom is -0.492 e. The van der Waals surface area contributed by atoms with Crippen LogP contribution >= 0.6 is 11.6 Å². The molecule has 3 atom stereocenters. The number of nitrogens with one attached hydrogen (secondary N) is 1. The number of hydrogen-bond acceptors (Lipinski definition) is 2. The van der Waals surface area contributed by atoms with Crippen LogP contribution in [0, 0.1) is 5.92 Å². The van der Waals surface area contributed by atoms with Crippen molar-refractivity contribution in [3.05, 3.63) is 70.8 Å². The molecule has 0 amide bonds. The highest BCUT2D eigenvalue weighted by molar-refractivity contribution is 6.30. The summed E-state index contributed by atoms with van der Waals surface area (Å²) in [5.41, 5.74) is 3.72. The number of fused-ring (bicyclic) bond motifs is 3. The zero-order valence-corrected chi connectivity index (χ0v) is 13.9. The van der Waals surface area contributed by atoms with Crippen molar-refractivity contribution in [3.63, 3.8) is 0 Å². The molecule has 1 heterocycles. The first-order valence-corrected chi connectivity index (χ1v) is 8.60. The molecule has 0 bridgehead atoms. The standard InChI is InChI=1S/C20H20ClNO/c1-2-23-18-11-5-10-17-15-8-4-9-16(15)19(22-20(17)18)13-6-3-7-14(21)12-13/h3-8,10-12,15-16,19,22H,2,9H2,1H3/t15-,16-,19+/m0/s1. The third-order valence-corrected chi connectivity index (χ3v) is 5.10. The molecule has 3 heteroatoms. The third-order valence-electron chi connectivity index (χ3n) is 4.87. The minimum atomic E-state index is 0.253. The van der Waals surface area contributed by atoms with Crippen LogP contribution in [0.3, 0.4) is 0 Å². The number of ether oxygens (including phenoxy) is 1. The highest BCUT2D eigenvalue weighted by atomic mass is 35.5. The van der Waals surface area contributed by atoms with Gasteiger partial charge in [0, 0.05) is 10.9 Å². The maximum Gasteiger partial charge on any atom is 0.142 e. The molecular weight excluding hydrogens is 306 g/mol. The summed E-state index contributed by atoms with van der Waals surface area (Å²) in [4.78, 5) is 0. The largest absolute Gasteiger partial charge is 0.492 e. The van der Waals surface area contributed by atoms with Crippen molar-refractivity contribution in [3.8, 4) is 5.75 Å². The van der Waals surface area contributed by atoms with E-state index in [9.17, 15) is 0 Å². The van der Waals surface area contributed by atoms with Gasteiger partial charge in [-0.3, -0.25) is 0 Å². The second-order valence-electron chi connectivity index (χ2n) is 6.18. The van der Waals surface area contributed by atoms with Crippen LogP contribution in [-0.2, 0) is 0 Å². The number of hydrogen-bond donors (Lipinski definition) is 1. The van der Waals surface area contributed by atoms with Gasteiger partial charge in [-0.1, -0.05) is 48.0 Å². The highest BCUT2D eigenvalue weighted by Gasteiger charge is 2.38. The van der Waals surface area contributed by atoms with E-state index in [-0.39, 0.29) is 6.04 Å². The Bertz CT molecular complexity index is 755. The van der Waals surface area contributed by atoms with Crippen molar-refractivity contribution in [2.75, 3.05) is 11.9 Å². The van der Waals surface area contributed by atoms with Gasteiger partial charge in [0.25, 0.3) is 0 Å². The highest BCUT2D eigenvalue weighted by Crippen LogP contribution is 2.52. The number of allylic oxidation sites excluding steroid dienone is 2. The molecule has 0 radical (unpaired) electrons. The maximum atomic E-state index is 6.22. The molecule has 1 N–H and O–H groups in total. The predicted octanol–water partition coefficient (Wildman–Crippen LogP) is 5.57. The Kier molecular flexibility index (Phi) is 3.78. The molecule has 4 rings (SSSR count). The van der Waals surface area contributed by atoms with E-state index in [1.54, 1.807) is 0 Å². The fraction of sp³-hybridized carbons (Fsp3) is 0.300. The number of benzene rings is 2. The first-order valence-electron chi connectivity index (χ1n) is 8.22. The van der Waals surface area contributed by atoms with Gasteiger partial charge in [0.1, 0.15) is 5.75 Å². The molecule has 2 aromatic carbocycles. The summed E-state index contributed by atoms with van der Waals surface area (Å²) in [5.74, 6) is 1.91. The van der Waals surface area contributed by atoms with Crippen LogP contribution in [0.4, 0.5) is 5.69 Å². The lowest BCUT2D eigenvalue weighted by atomic mass is 9.77. The Balaban J connectivity index is 1.80. The molecule has 0 saturated carbocycles. The van der Waals surface area contributed by atoms with E-state index in [0.29, 0.717) is 18.4 Å². The molecule has 0 aromatic heterocycles. The molecular formula is C20H20ClNO. The van der Waals surface area contributed by atoms with Gasteiger partial charge in [-0.05, 0) is 48.6 Å². The Labute approximate surface area is 142 Å². The fourth-order valence-electron chi connectivity index (χ4n) is 3.90. The Morgan fingerprint density at radius 3 is 2.91 bits per heavy atom. The van der Waals surface area contributed by atoms with Crippen molar-refractivity contribution in [1.29, 1.82) is 0 Å². The second-order valence-corrected chi connectivity index (χ2v) is 6.62. The molecule has 23 heavy (non-hydrogen) atoms. The van der Waals surface area contributed by atoms with Gasteiger partial charge in [0.15, 0.2) is 0 Å². The molecule has 0 unspecified atom stereocenters. The zero-order chi connectivity index (χ0) is 15.8. The third kappa shape index (κ3) is 2.51. The van der Waals surface area contributed by atoms with Crippen LogP contribution in [-0.4, -0.2) is 6.61 Å². The lowest BCUT2D eigenvalue weighted by Crippen LogP contribution is -2.29. The average molecular weight is 326 g/mol. The van der Waals surface area contributed by atoms with Crippen LogP contribution < -0.4 is 10.1 Å². The van der Waals surface area contributed by atoms with E-state index in [1.807, 2.05) is 25.1 Å².